The fraction of sp³-hybridized carbons (Fsp3) is 0.417. The van der Waals surface area contributed by atoms with E-state index >= 15 is 0 Å². The van der Waals surface area contributed by atoms with Crippen LogP contribution in [0.15, 0.2) is 42.6 Å². The highest BCUT2D eigenvalue weighted by Gasteiger charge is 2.48. The largest absolute Gasteiger partial charge is 0.481 e. The molecule has 0 saturated carbocycles. The second-order valence-corrected chi connectivity index (χ2v) is 9.14. The summed E-state index contributed by atoms with van der Waals surface area (Å²) in [5.41, 5.74) is 2.86. The van der Waals surface area contributed by atoms with Gasteiger partial charge in [-0.05, 0) is 29.2 Å². The highest BCUT2D eigenvalue weighted by atomic mass is 19.4. The first-order valence-corrected chi connectivity index (χ1v) is 11.0. The summed E-state index contributed by atoms with van der Waals surface area (Å²) in [5, 5.41) is 7.98. The van der Waals surface area contributed by atoms with Crippen molar-refractivity contribution in [1.82, 2.24) is 20.9 Å². The third-order valence-electron chi connectivity index (χ3n) is 5.64. The first-order chi connectivity index (χ1) is 16.7. The van der Waals surface area contributed by atoms with Gasteiger partial charge in [0.2, 0.25) is 17.7 Å². The Balaban J connectivity index is 2.08. The smallest absolute Gasteiger partial charge is 0.416 e. The van der Waals surface area contributed by atoms with Crippen LogP contribution in [0.25, 0.3) is 0 Å². The number of nitrogens with zero attached hydrogens (tertiary/aromatic N) is 1. The van der Waals surface area contributed by atoms with Crippen LogP contribution in [-0.2, 0) is 22.3 Å². The normalized spacial score (nSPS) is 13.4. The van der Waals surface area contributed by atoms with Crippen LogP contribution in [0.1, 0.15) is 42.3 Å². The van der Waals surface area contributed by atoms with Gasteiger partial charge < -0.3 is 26.4 Å². The third kappa shape index (κ3) is 7.17. The molecule has 0 saturated heterocycles. The standard InChI is InChI=1S/C24H30F3N5O4/c1-22(2,3)23(21(28)35,14-29-11-15-8-9-19(36-4)30-12-15)32-18(33)13-31-20(34)16-6-5-7-17(10-16)24(25,26)27/h5-10,12,29H,11,13-14H2,1-4H3,(H2,28,35)(H,31,34)(H,32,33). The molecule has 1 aromatic heterocycles. The molecule has 36 heavy (non-hydrogen) atoms. The summed E-state index contributed by atoms with van der Waals surface area (Å²) >= 11 is 0. The van der Waals surface area contributed by atoms with Gasteiger partial charge in [-0.15, -0.1) is 0 Å². The zero-order valence-electron chi connectivity index (χ0n) is 20.5. The molecule has 0 bridgehead atoms. The number of amides is 3. The number of rotatable bonds is 10. The van der Waals surface area contributed by atoms with Gasteiger partial charge in [-0.2, -0.15) is 13.2 Å². The fourth-order valence-corrected chi connectivity index (χ4v) is 3.43. The van der Waals surface area contributed by atoms with E-state index in [9.17, 15) is 27.6 Å². The lowest BCUT2D eigenvalue weighted by molar-refractivity contribution is -0.137. The van der Waals surface area contributed by atoms with Crippen molar-refractivity contribution >= 4 is 17.7 Å². The number of alkyl halides is 3. The van der Waals surface area contributed by atoms with E-state index in [0.717, 1.165) is 17.7 Å². The summed E-state index contributed by atoms with van der Waals surface area (Å²) in [6.45, 7) is 4.85. The lowest BCUT2D eigenvalue weighted by Gasteiger charge is -2.43. The first kappa shape index (κ1) is 28.6. The average molecular weight is 510 g/mol. The van der Waals surface area contributed by atoms with Gasteiger partial charge in [0.05, 0.1) is 19.2 Å². The van der Waals surface area contributed by atoms with Crippen LogP contribution in [-0.4, -0.2) is 48.4 Å². The SMILES string of the molecule is COc1ccc(CNCC(NC(=O)CNC(=O)c2cccc(C(F)(F)F)c2)(C(N)=O)C(C)(C)C)cn1. The van der Waals surface area contributed by atoms with Crippen LogP contribution in [0.3, 0.4) is 0 Å². The number of pyridine rings is 1. The molecule has 0 aliphatic heterocycles. The van der Waals surface area contributed by atoms with E-state index < -0.39 is 47.0 Å². The molecular weight excluding hydrogens is 479 g/mol. The zero-order valence-corrected chi connectivity index (χ0v) is 20.5. The zero-order chi connectivity index (χ0) is 27.1. The molecule has 12 heteroatoms. The molecule has 5 N–H and O–H groups in total. The molecule has 1 heterocycles. The van der Waals surface area contributed by atoms with Gasteiger partial charge in [0.1, 0.15) is 5.54 Å². The summed E-state index contributed by atoms with van der Waals surface area (Å²) < 4.78 is 43.7. The monoisotopic (exact) mass is 509 g/mol. The van der Waals surface area contributed by atoms with E-state index in [4.69, 9.17) is 10.5 Å². The van der Waals surface area contributed by atoms with Crippen molar-refractivity contribution in [2.24, 2.45) is 11.1 Å². The van der Waals surface area contributed by atoms with Crippen LogP contribution < -0.4 is 26.4 Å². The quantitative estimate of drug-likeness (QED) is 0.387. The molecule has 2 rings (SSSR count). The molecule has 196 valence electrons. The van der Waals surface area contributed by atoms with Gasteiger partial charge in [0, 0.05) is 30.9 Å². The van der Waals surface area contributed by atoms with Gasteiger partial charge in [0.15, 0.2) is 0 Å². The lowest BCUT2D eigenvalue weighted by atomic mass is 9.72. The molecule has 3 amide bonds. The van der Waals surface area contributed by atoms with Crippen molar-refractivity contribution < 1.29 is 32.3 Å². The number of methoxy groups -OCH3 is 1. The van der Waals surface area contributed by atoms with Gasteiger partial charge in [-0.1, -0.05) is 32.9 Å². The van der Waals surface area contributed by atoms with E-state index in [1.165, 1.54) is 13.2 Å². The second kappa shape index (κ2) is 11.4. The maximum atomic E-state index is 12.9. The summed E-state index contributed by atoms with van der Waals surface area (Å²) in [7, 11) is 1.50. The van der Waals surface area contributed by atoms with E-state index in [0.29, 0.717) is 18.5 Å². The average Bonchev–Trinajstić information content (AvgIpc) is 2.81. The maximum absolute atomic E-state index is 12.9. The van der Waals surface area contributed by atoms with Crippen molar-refractivity contribution in [2.45, 2.75) is 39.0 Å². The Bertz CT molecular complexity index is 1080. The van der Waals surface area contributed by atoms with Crippen molar-refractivity contribution in [3.05, 3.63) is 59.3 Å². The molecule has 1 atom stereocenters. The summed E-state index contributed by atoms with van der Waals surface area (Å²) in [6.07, 6.45) is -3.02. The second-order valence-electron chi connectivity index (χ2n) is 9.14. The Morgan fingerprint density at radius 2 is 1.78 bits per heavy atom. The van der Waals surface area contributed by atoms with Gasteiger partial charge in [-0.25, -0.2) is 4.98 Å². The summed E-state index contributed by atoms with van der Waals surface area (Å²) in [6, 6.07) is 7.28. The Kier molecular flexibility index (Phi) is 9.03. The fourth-order valence-electron chi connectivity index (χ4n) is 3.43. The van der Waals surface area contributed by atoms with Crippen molar-refractivity contribution in [3.63, 3.8) is 0 Å². The molecule has 2 aromatic rings. The van der Waals surface area contributed by atoms with E-state index in [1.54, 1.807) is 39.1 Å². The summed E-state index contributed by atoms with van der Waals surface area (Å²) in [4.78, 5) is 41.7. The van der Waals surface area contributed by atoms with Gasteiger partial charge >= 0.3 is 6.18 Å². The van der Waals surface area contributed by atoms with Crippen LogP contribution in [0.2, 0.25) is 0 Å². The highest BCUT2D eigenvalue weighted by molar-refractivity contribution is 5.98. The number of hydrogen-bond donors (Lipinski definition) is 4. The van der Waals surface area contributed by atoms with E-state index in [2.05, 4.69) is 20.9 Å². The van der Waals surface area contributed by atoms with Crippen molar-refractivity contribution in [2.75, 3.05) is 20.2 Å². The maximum Gasteiger partial charge on any atom is 0.416 e. The number of ether oxygens (including phenoxy) is 1. The molecule has 9 nitrogen and oxygen atoms in total. The summed E-state index contributed by atoms with van der Waals surface area (Å²) in [5.74, 6) is -1.97. The Labute approximate surface area is 207 Å². The van der Waals surface area contributed by atoms with Crippen molar-refractivity contribution in [1.29, 1.82) is 0 Å². The number of nitrogens with two attached hydrogens (primary N) is 1. The lowest BCUT2D eigenvalue weighted by Crippen LogP contribution is -2.69. The number of hydrogen-bond acceptors (Lipinski definition) is 6. The Morgan fingerprint density at radius 3 is 2.31 bits per heavy atom. The molecule has 1 unspecified atom stereocenters. The topological polar surface area (TPSA) is 135 Å². The molecular formula is C24H30F3N5O4. The number of benzene rings is 1. The van der Waals surface area contributed by atoms with E-state index in [-0.39, 0.29) is 12.1 Å². The predicted molar refractivity (Wildman–Crippen MR) is 126 cm³/mol. The molecule has 0 aliphatic rings. The van der Waals surface area contributed by atoms with Gasteiger partial charge in [0.25, 0.3) is 5.91 Å². The van der Waals surface area contributed by atoms with Crippen LogP contribution in [0, 0.1) is 5.41 Å². The first-order valence-electron chi connectivity index (χ1n) is 11.0. The van der Waals surface area contributed by atoms with Gasteiger partial charge in [-0.3, -0.25) is 14.4 Å². The Hall–Kier alpha value is -3.67. The predicted octanol–water partition coefficient (Wildman–Crippen LogP) is 2.01. The molecule has 0 radical (unpaired) electrons. The number of primary amides is 1. The molecule has 0 fully saturated rings. The third-order valence-corrected chi connectivity index (χ3v) is 5.64. The van der Waals surface area contributed by atoms with E-state index in [1.807, 2.05) is 0 Å². The minimum absolute atomic E-state index is 0.0365. The minimum Gasteiger partial charge on any atom is -0.481 e. The van der Waals surface area contributed by atoms with Crippen molar-refractivity contribution in [3.8, 4) is 5.88 Å². The number of halogens is 3. The molecule has 1 aromatic carbocycles. The highest BCUT2D eigenvalue weighted by Crippen LogP contribution is 2.31. The minimum atomic E-state index is -4.61. The molecule has 0 spiro atoms. The van der Waals surface area contributed by atoms with Crippen LogP contribution >= 0.6 is 0 Å². The Morgan fingerprint density at radius 1 is 1.08 bits per heavy atom. The number of aromatic nitrogens is 1. The van der Waals surface area contributed by atoms with Crippen LogP contribution in [0.4, 0.5) is 13.2 Å². The number of carbonyl (C=O) groups is 3. The number of carbonyl (C=O) groups excluding carboxylic acids is 3. The number of nitrogens with one attached hydrogen (secondary N) is 3. The molecule has 0 aliphatic carbocycles. The van der Waals surface area contributed by atoms with Crippen LogP contribution in [0.5, 0.6) is 5.88 Å².